The van der Waals surface area contributed by atoms with Gasteiger partial charge in [0.1, 0.15) is 0 Å². The molecule has 3 unspecified atom stereocenters. The normalized spacial score (nSPS) is 20.8. The van der Waals surface area contributed by atoms with Crippen molar-refractivity contribution in [3.63, 3.8) is 0 Å². The molecule has 5 nitrogen and oxygen atoms in total. The van der Waals surface area contributed by atoms with Crippen LogP contribution < -0.4 is 5.32 Å². The average molecular weight is 414 g/mol. The second kappa shape index (κ2) is 10.0. The third-order valence-corrected chi connectivity index (χ3v) is 7.14. The summed E-state index contributed by atoms with van der Waals surface area (Å²) in [5, 5.41) is 3.01. The van der Waals surface area contributed by atoms with Crippen LogP contribution in [0.1, 0.15) is 32.3 Å². The molecule has 0 bridgehead atoms. The standard InChI is InChI=1S/C23H31N3O2S/c1-4-26-14-13-21(15-18(26)2)25(3)23(27)24-20-10-8-9-19(16-20)17-29(28)22-11-6-5-7-12-22/h5-12,16,18,21H,4,13-15,17H2,1-3H3,(H,24,27). The zero-order valence-electron chi connectivity index (χ0n) is 17.5. The summed E-state index contributed by atoms with van der Waals surface area (Å²) in [6.07, 6.45) is 1.99. The van der Waals surface area contributed by atoms with Crippen molar-refractivity contribution in [1.82, 2.24) is 9.80 Å². The maximum atomic E-state index is 12.8. The van der Waals surface area contributed by atoms with Crippen LogP contribution >= 0.6 is 0 Å². The quantitative estimate of drug-likeness (QED) is 0.767. The van der Waals surface area contributed by atoms with Crippen LogP contribution in [0.15, 0.2) is 59.5 Å². The maximum absolute atomic E-state index is 12.8. The van der Waals surface area contributed by atoms with Crippen LogP contribution in [0.25, 0.3) is 0 Å². The van der Waals surface area contributed by atoms with Crippen LogP contribution in [0.2, 0.25) is 0 Å². The number of carbonyl (C=O) groups excluding carboxylic acids is 1. The van der Waals surface area contributed by atoms with Gasteiger partial charge in [0.05, 0.1) is 16.6 Å². The Labute approximate surface area is 176 Å². The van der Waals surface area contributed by atoms with Gasteiger partial charge in [-0.1, -0.05) is 37.3 Å². The Hall–Kier alpha value is -2.18. The minimum absolute atomic E-state index is 0.0894. The lowest BCUT2D eigenvalue weighted by Gasteiger charge is -2.40. The third kappa shape index (κ3) is 5.67. The second-order valence-corrected chi connectivity index (χ2v) is 9.15. The third-order valence-electron chi connectivity index (χ3n) is 5.74. The lowest BCUT2D eigenvalue weighted by molar-refractivity contribution is 0.104. The first kappa shape index (κ1) is 21.5. The molecule has 1 N–H and O–H groups in total. The van der Waals surface area contributed by atoms with Gasteiger partial charge in [0, 0.05) is 36.3 Å². The molecule has 0 spiro atoms. The summed E-state index contributed by atoms with van der Waals surface area (Å²) < 4.78 is 12.6. The topological polar surface area (TPSA) is 52.6 Å². The molecule has 2 aromatic rings. The van der Waals surface area contributed by atoms with Crippen LogP contribution in [-0.4, -0.2) is 52.3 Å². The number of carbonyl (C=O) groups is 1. The van der Waals surface area contributed by atoms with E-state index in [4.69, 9.17) is 0 Å². The summed E-state index contributed by atoms with van der Waals surface area (Å²) in [4.78, 5) is 17.9. The van der Waals surface area contributed by atoms with Crippen molar-refractivity contribution in [2.75, 3.05) is 25.5 Å². The molecule has 2 amide bonds. The first-order valence-electron chi connectivity index (χ1n) is 10.3. The average Bonchev–Trinajstić information content (AvgIpc) is 2.74. The molecule has 1 aliphatic rings. The van der Waals surface area contributed by atoms with Crippen molar-refractivity contribution in [1.29, 1.82) is 0 Å². The maximum Gasteiger partial charge on any atom is 0.321 e. The number of piperidine rings is 1. The van der Waals surface area contributed by atoms with Gasteiger partial charge in [0.2, 0.25) is 0 Å². The molecular weight excluding hydrogens is 382 g/mol. The number of nitrogens with zero attached hydrogens (tertiary/aromatic N) is 2. The van der Waals surface area contributed by atoms with E-state index in [1.807, 2.05) is 66.5 Å². The molecule has 29 heavy (non-hydrogen) atoms. The van der Waals surface area contributed by atoms with Gasteiger partial charge in [-0.05, 0) is 56.1 Å². The van der Waals surface area contributed by atoms with Crippen LogP contribution in [0.5, 0.6) is 0 Å². The van der Waals surface area contributed by atoms with Crippen LogP contribution in [-0.2, 0) is 16.6 Å². The molecule has 3 rings (SSSR count). The van der Waals surface area contributed by atoms with E-state index in [2.05, 4.69) is 24.1 Å². The van der Waals surface area contributed by atoms with Gasteiger partial charge in [-0.25, -0.2) is 4.79 Å². The van der Waals surface area contributed by atoms with E-state index in [1.165, 1.54) is 0 Å². The highest BCUT2D eigenvalue weighted by Crippen LogP contribution is 2.22. The van der Waals surface area contributed by atoms with Gasteiger partial charge in [-0.2, -0.15) is 0 Å². The lowest BCUT2D eigenvalue weighted by Crippen LogP contribution is -2.50. The number of likely N-dealkylation sites (tertiary alicyclic amines) is 1. The fraction of sp³-hybridized carbons (Fsp3) is 0.435. The molecule has 1 fully saturated rings. The molecule has 0 aliphatic carbocycles. The molecule has 156 valence electrons. The summed E-state index contributed by atoms with van der Waals surface area (Å²) in [6, 6.07) is 17.7. The Morgan fingerprint density at radius 1 is 1.21 bits per heavy atom. The first-order valence-corrected chi connectivity index (χ1v) is 11.6. The zero-order valence-corrected chi connectivity index (χ0v) is 18.3. The van der Waals surface area contributed by atoms with Gasteiger partial charge in [-0.3, -0.25) is 4.21 Å². The molecule has 1 aliphatic heterocycles. The fourth-order valence-corrected chi connectivity index (χ4v) is 5.05. The number of hydrogen-bond donors (Lipinski definition) is 1. The number of amides is 2. The predicted octanol–water partition coefficient (Wildman–Crippen LogP) is 4.33. The number of anilines is 1. The van der Waals surface area contributed by atoms with Gasteiger partial charge >= 0.3 is 6.03 Å². The second-order valence-electron chi connectivity index (χ2n) is 7.70. The summed E-state index contributed by atoms with van der Waals surface area (Å²) in [6.45, 7) is 6.50. The minimum atomic E-state index is -1.10. The first-order chi connectivity index (χ1) is 14.0. The van der Waals surface area contributed by atoms with E-state index in [0.717, 1.165) is 42.1 Å². The van der Waals surface area contributed by atoms with Crippen molar-refractivity contribution in [2.24, 2.45) is 0 Å². The summed E-state index contributed by atoms with van der Waals surface area (Å²) in [5.74, 6) is 0.427. The lowest BCUT2D eigenvalue weighted by atomic mass is 9.97. The highest BCUT2D eigenvalue weighted by atomic mass is 32.2. The van der Waals surface area contributed by atoms with E-state index in [0.29, 0.717) is 11.8 Å². The van der Waals surface area contributed by atoms with Crippen LogP contribution in [0.3, 0.4) is 0 Å². The summed E-state index contributed by atoms with van der Waals surface area (Å²) >= 11 is 0. The van der Waals surface area contributed by atoms with Crippen molar-refractivity contribution in [3.8, 4) is 0 Å². The molecule has 0 radical (unpaired) electrons. The molecule has 0 saturated carbocycles. The summed E-state index contributed by atoms with van der Waals surface area (Å²) in [7, 11) is 0.773. The monoisotopic (exact) mass is 413 g/mol. The van der Waals surface area contributed by atoms with E-state index in [1.54, 1.807) is 0 Å². The van der Waals surface area contributed by atoms with Crippen LogP contribution in [0, 0.1) is 0 Å². The molecule has 3 atom stereocenters. The summed E-state index contributed by atoms with van der Waals surface area (Å²) in [5.41, 5.74) is 1.68. The fourth-order valence-electron chi connectivity index (χ4n) is 3.94. The van der Waals surface area contributed by atoms with Crippen molar-refractivity contribution < 1.29 is 9.00 Å². The van der Waals surface area contributed by atoms with E-state index in [9.17, 15) is 9.00 Å². The predicted molar refractivity (Wildman–Crippen MR) is 120 cm³/mol. The molecule has 0 aromatic heterocycles. The number of nitrogens with one attached hydrogen (secondary N) is 1. The Morgan fingerprint density at radius 3 is 2.66 bits per heavy atom. The number of benzene rings is 2. The van der Waals surface area contributed by atoms with Crippen molar-refractivity contribution in [2.45, 2.75) is 49.4 Å². The Kier molecular flexibility index (Phi) is 7.45. The largest absolute Gasteiger partial charge is 0.325 e. The molecule has 1 heterocycles. The molecular formula is C23H31N3O2S. The Balaban J connectivity index is 1.59. The Bertz CT molecular complexity index is 843. The van der Waals surface area contributed by atoms with E-state index in [-0.39, 0.29) is 12.1 Å². The minimum Gasteiger partial charge on any atom is -0.325 e. The van der Waals surface area contributed by atoms with Crippen molar-refractivity contribution in [3.05, 3.63) is 60.2 Å². The van der Waals surface area contributed by atoms with Crippen LogP contribution in [0.4, 0.5) is 10.5 Å². The van der Waals surface area contributed by atoms with Gasteiger partial charge in [-0.15, -0.1) is 0 Å². The van der Waals surface area contributed by atoms with Gasteiger partial charge in [0.15, 0.2) is 0 Å². The van der Waals surface area contributed by atoms with Crippen molar-refractivity contribution >= 4 is 22.5 Å². The molecule has 6 heteroatoms. The molecule has 1 saturated heterocycles. The van der Waals surface area contributed by atoms with E-state index >= 15 is 0 Å². The number of hydrogen-bond acceptors (Lipinski definition) is 3. The number of urea groups is 1. The SMILES string of the molecule is CCN1CCC(N(C)C(=O)Nc2cccc(CS(=O)c3ccccc3)c2)CC1C. The Morgan fingerprint density at radius 2 is 1.97 bits per heavy atom. The smallest absolute Gasteiger partial charge is 0.321 e. The van der Waals surface area contributed by atoms with E-state index < -0.39 is 10.8 Å². The van der Waals surface area contributed by atoms with Gasteiger partial charge < -0.3 is 15.1 Å². The zero-order chi connectivity index (χ0) is 20.8. The highest BCUT2D eigenvalue weighted by molar-refractivity contribution is 7.84. The number of rotatable bonds is 6. The van der Waals surface area contributed by atoms with Gasteiger partial charge in [0.25, 0.3) is 0 Å². The molecule has 2 aromatic carbocycles. The highest BCUT2D eigenvalue weighted by Gasteiger charge is 2.29.